The Bertz CT molecular complexity index is 984. The lowest BCUT2D eigenvalue weighted by Crippen LogP contribution is -2.38. The van der Waals surface area contributed by atoms with Crippen LogP contribution in [-0.4, -0.2) is 45.7 Å². The molecule has 2 aromatic carbocycles. The molecule has 29 heavy (non-hydrogen) atoms. The van der Waals surface area contributed by atoms with Gasteiger partial charge in [0.25, 0.3) is 15.9 Å². The van der Waals surface area contributed by atoms with Crippen molar-refractivity contribution in [2.45, 2.75) is 29.6 Å². The molecule has 8 heteroatoms. The number of anilines is 1. The summed E-state index contributed by atoms with van der Waals surface area (Å²) < 4.78 is 33.5. The predicted octanol–water partition coefficient (Wildman–Crippen LogP) is 4.09. The molecule has 2 aromatic rings. The number of amides is 1. The number of piperidine rings is 1. The van der Waals surface area contributed by atoms with Gasteiger partial charge in [0.1, 0.15) is 5.75 Å². The number of methoxy groups -OCH3 is 1. The number of carbonyl (C=O) groups is 1. The summed E-state index contributed by atoms with van der Waals surface area (Å²) in [7, 11) is -2.32. The Hall–Kier alpha value is -2.19. The Morgan fingerprint density at radius 1 is 1.17 bits per heavy atom. The SMILES string of the molecule is COc1cccc(NS(=O)(=O)c2ccc(SC)c(C(=O)N3CCC(C)CC3)c2)c1. The molecule has 6 nitrogen and oxygen atoms in total. The van der Waals surface area contributed by atoms with Gasteiger partial charge in [-0.15, -0.1) is 11.8 Å². The third-order valence-electron chi connectivity index (χ3n) is 5.10. The first-order chi connectivity index (χ1) is 13.8. The zero-order valence-electron chi connectivity index (χ0n) is 16.8. The zero-order valence-corrected chi connectivity index (χ0v) is 18.5. The molecule has 1 fully saturated rings. The first kappa shape index (κ1) is 21.5. The third kappa shape index (κ3) is 5.05. The summed E-state index contributed by atoms with van der Waals surface area (Å²) in [6.07, 6.45) is 3.82. The number of ether oxygens (including phenoxy) is 1. The summed E-state index contributed by atoms with van der Waals surface area (Å²) in [5.41, 5.74) is 0.830. The number of hydrogen-bond donors (Lipinski definition) is 1. The normalized spacial score (nSPS) is 15.2. The van der Waals surface area contributed by atoms with Crippen molar-refractivity contribution >= 4 is 33.4 Å². The summed E-state index contributed by atoms with van der Waals surface area (Å²) in [6, 6.07) is 11.4. The summed E-state index contributed by atoms with van der Waals surface area (Å²) in [4.78, 5) is 15.7. The van der Waals surface area contributed by atoms with E-state index in [1.54, 1.807) is 30.3 Å². The lowest BCUT2D eigenvalue weighted by Gasteiger charge is -2.30. The third-order valence-corrected chi connectivity index (χ3v) is 7.28. The van der Waals surface area contributed by atoms with Gasteiger partial charge in [-0.3, -0.25) is 9.52 Å². The maximum absolute atomic E-state index is 13.1. The summed E-state index contributed by atoms with van der Waals surface area (Å²) in [5, 5.41) is 0. The molecule has 0 unspecified atom stereocenters. The molecule has 0 atom stereocenters. The molecule has 0 spiro atoms. The quantitative estimate of drug-likeness (QED) is 0.693. The van der Waals surface area contributed by atoms with Crippen LogP contribution in [0.5, 0.6) is 5.75 Å². The number of thioether (sulfide) groups is 1. The molecule has 0 aliphatic carbocycles. The van der Waals surface area contributed by atoms with Crippen LogP contribution < -0.4 is 9.46 Å². The van der Waals surface area contributed by atoms with Crippen LogP contribution in [0.15, 0.2) is 52.3 Å². The maximum atomic E-state index is 13.1. The van der Waals surface area contributed by atoms with Crippen LogP contribution in [0, 0.1) is 5.92 Å². The first-order valence-electron chi connectivity index (χ1n) is 9.48. The molecule has 0 radical (unpaired) electrons. The van der Waals surface area contributed by atoms with E-state index in [2.05, 4.69) is 11.6 Å². The van der Waals surface area contributed by atoms with E-state index in [-0.39, 0.29) is 10.8 Å². The fourth-order valence-electron chi connectivity index (χ4n) is 3.30. The second-order valence-corrected chi connectivity index (χ2v) is 9.70. The molecule has 0 aromatic heterocycles. The fraction of sp³-hybridized carbons (Fsp3) is 0.381. The van der Waals surface area contributed by atoms with Crippen LogP contribution in [0.3, 0.4) is 0 Å². The average molecular weight is 435 g/mol. The minimum Gasteiger partial charge on any atom is -0.497 e. The van der Waals surface area contributed by atoms with Crippen molar-refractivity contribution in [2.75, 3.05) is 31.2 Å². The second kappa shape index (κ2) is 9.09. The van der Waals surface area contributed by atoms with Crippen molar-refractivity contribution in [2.24, 2.45) is 5.92 Å². The van der Waals surface area contributed by atoms with Crippen molar-refractivity contribution in [3.05, 3.63) is 48.0 Å². The number of rotatable bonds is 6. The molecule has 156 valence electrons. The molecule has 0 bridgehead atoms. The largest absolute Gasteiger partial charge is 0.497 e. The number of carbonyl (C=O) groups excluding carboxylic acids is 1. The lowest BCUT2D eigenvalue weighted by atomic mass is 9.98. The minimum absolute atomic E-state index is 0.0619. The Labute approximate surface area is 176 Å². The van der Waals surface area contributed by atoms with Crippen LogP contribution in [0.1, 0.15) is 30.1 Å². The van der Waals surface area contributed by atoms with Crippen molar-refractivity contribution in [3.8, 4) is 5.75 Å². The van der Waals surface area contributed by atoms with E-state index in [1.165, 1.54) is 31.0 Å². The second-order valence-electron chi connectivity index (χ2n) is 7.17. The van der Waals surface area contributed by atoms with E-state index in [9.17, 15) is 13.2 Å². The highest BCUT2D eigenvalue weighted by molar-refractivity contribution is 7.98. The number of benzene rings is 2. The van der Waals surface area contributed by atoms with Crippen molar-refractivity contribution in [1.82, 2.24) is 4.90 Å². The van der Waals surface area contributed by atoms with Gasteiger partial charge in [-0.1, -0.05) is 13.0 Å². The average Bonchev–Trinajstić information content (AvgIpc) is 2.73. The predicted molar refractivity (Wildman–Crippen MR) is 116 cm³/mol. The van der Waals surface area contributed by atoms with Gasteiger partial charge in [-0.2, -0.15) is 0 Å². The van der Waals surface area contributed by atoms with Gasteiger partial charge < -0.3 is 9.64 Å². The Kier molecular flexibility index (Phi) is 6.74. The molecular weight excluding hydrogens is 408 g/mol. The number of nitrogens with zero attached hydrogens (tertiary/aromatic N) is 1. The van der Waals surface area contributed by atoms with Gasteiger partial charge >= 0.3 is 0 Å². The van der Waals surface area contributed by atoms with Crippen LogP contribution in [-0.2, 0) is 10.0 Å². The molecular formula is C21H26N2O4S2. The highest BCUT2D eigenvalue weighted by Gasteiger charge is 2.25. The molecule has 1 amide bonds. The van der Waals surface area contributed by atoms with Crippen molar-refractivity contribution < 1.29 is 17.9 Å². The molecule has 3 rings (SSSR count). The molecule has 1 aliphatic heterocycles. The minimum atomic E-state index is -3.84. The highest BCUT2D eigenvalue weighted by Crippen LogP contribution is 2.28. The summed E-state index contributed by atoms with van der Waals surface area (Å²) in [5.74, 6) is 1.05. The number of nitrogens with one attached hydrogen (secondary N) is 1. The van der Waals surface area contributed by atoms with E-state index < -0.39 is 10.0 Å². The number of likely N-dealkylation sites (tertiary alicyclic amines) is 1. The maximum Gasteiger partial charge on any atom is 0.261 e. The first-order valence-corrected chi connectivity index (χ1v) is 12.2. The zero-order chi connectivity index (χ0) is 21.0. The standard InChI is InChI=1S/C21H26N2O4S2/c1-15-9-11-23(12-10-15)21(24)19-14-18(7-8-20(19)28-3)29(25,26)22-16-5-4-6-17(13-16)27-2/h4-8,13-15,22H,9-12H2,1-3H3. The molecule has 1 aliphatic rings. The van der Waals surface area contributed by atoms with Gasteiger partial charge in [0.15, 0.2) is 0 Å². The van der Waals surface area contributed by atoms with Crippen LogP contribution in [0.2, 0.25) is 0 Å². The lowest BCUT2D eigenvalue weighted by molar-refractivity contribution is 0.0693. The molecule has 0 saturated carbocycles. The number of hydrogen-bond acceptors (Lipinski definition) is 5. The van der Waals surface area contributed by atoms with E-state index in [0.717, 1.165) is 17.7 Å². The van der Waals surface area contributed by atoms with E-state index >= 15 is 0 Å². The van der Waals surface area contributed by atoms with E-state index in [0.29, 0.717) is 36.0 Å². The van der Waals surface area contributed by atoms with Crippen molar-refractivity contribution in [1.29, 1.82) is 0 Å². The molecule has 1 saturated heterocycles. The smallest absolute Gasteiger partial charge is 0.261 e. The van der Waals surface area contributed by atoms with Crippen LogP contribution in [0.25, 0.3) is 0 Å². The van der Waals surface area contributed by atoms with Gasteiger partial charge in [0.2, 0.25) is 0 Å². The van der Waals surface area contributed by atoms with E-state index in [4.69, 9.17) is 4.74 Å². The van der Waals surface area contributed by atoms with E-state index in [1.807, 2.05) is 11.2 Å². The van der Waals surface area contributed by atoms with Crippen molar-refractivity contribution in [3.63, 3.8) is 0 Å². The van der Waals surface area contributed by atoms with Gasteiger partial charge in [0.05, 0.1) is 23.3 Å². The molecule has 1 N–H and O–H groups in total. The van der Waals surface area contributed by atoms with Gasteiger partial charge in [-0.05, 0) is 55.3 Å². The fourth-order valence-corrected chi connectivity index (χ4v) is 4.95. The Balaban J connectivity index is 1.89. The molecule has 1 heterocycles. The van der Waals surface area contributed by atoms with Gasteiger partial charge in [-0.25, -0.2) is 8.42 Å². The highest BCUT2D eigenvalue weighted by atomic mass is 32.2. The van der Waals surface area contributed by atoms with Crippen LogP contribution in [0.4, 0.5) is 5.69 Å². The summed E-state index contributed by atoms with van der Waals surface area (Å²) in [6.45, 7) is 3.59. The van der Waals surface area contributed by atoms with Crippen LogP contribution >= 0.6 is 11.8 Å². The van der Waals surface area contributed by atoms with Gasteiger partial charge in [0, 0.05) is 24.1 Å². The Morgan fingerprint density at radius 3 is 2.55 bits per heavy atom. The summed E-state index contributed by atoms with van der Waals surface area (Å²) >= 11 is 1.44. The monoisotopic (exact) mass is 434 g/mol. The topological polar surface area (TPSA) is 75.7 Å². The Morgan fingerprint density at radius 2 is 1.90 bits per heavy atom. The number of sulfonamides is 1.